The summed E-state index contributed by atoms with van der Waals surface area (Å²) in [4.78, 5) is -1.42. The molecule has 0 amide bonds. The molecular weight excluding hydrogens is 450 g/mol. The summed E-state index contributed by atoms with van der Waals surface area (Å²) in [5, 5.41) is 18.3. The van der Waals surface area contributed by atoms with Gasteiger partial charge in [0.2, 0.25) is 0 Å². The van der Waals surface area contributed by atoms with Crippen LogP contribution in [0, 0.1) is 0 Å². The first kappa shape index (κ1) is 22.4. The molecule has 0 saturated heterocycles. The number of hydrogen-bond acceptors (Lipinski definition) is 9. The molecule has 3 rings (SSSR count). The zero-order valence-electron chi connectivity index (χ0n) is 15.9. The van der Waals surface area contributed by atoms with Gasteiger partial charge in [-0.2, -0.15) is 16.8 Å². The molecule has 0 bridgehead atoms. The molecule has 3 aromatic rings. The molecule has 0 unspecified atom stereocenters. The van der Waals surface area contributed by atoms with Crippen molar-refractivity contribution in [3.8, 4) is 11.5 Å². The molecule has 0 spiro atoms. The van der Waals surface area contributed by atoms with E-state index in [2.05, 4.69) is 10.2 Å². The topological polar surface area (TPSA) is 189 Å². The van der Waals surface area contributed by atoms with Gasteiger partial charge in [-0.15, -0.1) is 10.2 Å². The van der Waals surface area contributed by atoms with Crippen LogP contribution in [0.2, 0.25) is 0 Å². The molecule has 13 heteroatoms. The molecule has 11 nitrogen and oxygen atoms in total. The molecular formula is C18H17N3O8S2. The van der Waals surface area contributed by atoms with E-state index in [1.54, 1.807) is 6.92 Å². The maximum absolute atomic E-state index is 11.8. The summed E-state index contributed by atoms with van der Waals surface area (Å²) < 4.78 is 71.4. The Balaban J connectivity index is 2.24. The Kier molecular flexibility index (Phi) is 5.87. The Morgan fingerprint density at radius 1 is 0.935 bits per heavy atom. The standard InChI is InChI=1S/C18H17N3O8S2/c1-2-29-12-4-6-14(15(9-12)30(23,24)25)20-21-17-16(31(26,27)28)8-10-7-11(19)3-5-13(10)18(17)22/h3-9,22H,2,19H2,1H3,(H,23,24,25)(H,26,27,28)/b21-20+. The number of rotatable bonds is 6. The van der Waals surface area contributed by atoms with E-state index in [1.165, 1.54) is 30.3 Å². The number of nitrogens with two attached hydrogens (primary N) is 1. The highest BCUT2D eigenvalue weighted by molar-refractivity contribution is 7.86. The van der Waals surface area contributed by atoms with Crippen molar-refractivity contribution in [1.82, 2.24) is 0 Å². The lowest BCUT2D eigenvalue weighted by molar-refractivity contribution is 0.339. The number of hydrogen-bond donors (Lipinski definition) is 4. The molecule has 0 radical (unpaired) electrons. The Morgan fingerprint density at radius 3 is 2.23 bits per heavy atom. The highest BCUT2D eigenvalue weighted by Gasteiger charge is 2.23. The highest BCUT2D eigenvalue weighted by atomic mass is 32.2. The van der Waals surface area contributed by atoms with E-state index in [0.717, 1.165) is 12.1 Å². The first-order valence-electron chi connectivity index (χ1n) is 8.60. The second-order valence-corrected chi connectivity index (χ2v) is 9.05. The third-order valence-corrected chi connectivity index (χ3v) is 5.88. The minimum atomic E-state index is -4.86. The molecule has 0 fully saturated rings. The molecule has 0 aliphatic rings. The van der Waals surface area contributed by atoms with Gasteiger partial charge in [0.25, 0.3) is 20.2 Å². The van der Waals surface area contributed by atoms with Gasteiger partial charge in [0.15, 0.2) is 5.75 Å². The maximum Gasteiger partial charge on any atom is 0.296 e. The fraction of sp³-hybridized carbons (Fsp3) is 0.111. The van der Waals surface area contributed by atoms with Crippen LogP contribution in [0.5, 0.6) is 11.5 Å². The third kappa shape index (κ3) is 4.74. The summed E-state index contributed by atoms with van der Waals surface area (Å²) in [5.74, 6) is -0.493. The molecule has 0 aliphatic carbocycles. The van der Waals surface area contributed by atoms with Crippen LogP contribution in [-0.4, -0.2) is 37.7 Å². The van der Waals surface area contributed by atoms with Crippen LogP contribution in [0.1, 0.15) is 6.92 Å². The summed E-state index contributed by atoms with van der Waals surface area (Å²) in [5.41, 5.74) is 4.97. The number of phenolic OH excluding ortho intramolecular Hbond substituents is 1. The first-order valence-corrected chi connectivity index (χ1v) is 11.5. The Morgan fingerprint density at radius 2 is 1.61 bits per heavy atom. The Labute approximate surface area is 177 Å². The Bertz CT molecular complexity index is 1420. The SMILES string of the molecule is CCOc1ccc(/N=N/c2c(S(=O)(=O)O)cc3cc(N)ccc3c2O)c(S(=O)(=O)O)c1. The first-order chi connectivity index (χ1) is 14.4. The summed E-state index contributed by atoms with van der Waals surface area (Å²) in [6, 6.07) is 8.83. The number of ether oxygens (including phenoxy) is 1. The fourth-order valence-electron chi connectivity index (χ4n) is 2.81. The van der Waals surface area contributed by atoms with E-state index >= 15 is 0 Å². The van der Waals surface area contributed by atoms with Crippen LogP contribution in [0.15, 0.2) is 62.5 Å². The van der Waals surface area contributed by atoms with Crippen molar-refractivity contribution in [2.45, 2.75) is 16.7 Å². The number of phenols is 1. The average molecular weight is 467 g/mol. The van der Waals surface area contributed by atoms with E-state index in [1.807, 2.05) is 0 Å². The van der Waals surface area contributed by atoms with Crippen molar-refractivity contribution in [2.75, 3.05) is 12.3 Å². The van der Waals surface area contributed by atoms with Crippen LogP contribution in [0.25, 0.3) is 10.8 Å². The summed E-state index contributed by atoms with van der Waals surface area (Å²) >= 11 is 0. The molecule has 5 N–H and O–H groups in total. The van der Waals surface area contributed by atoms with Gasteiger partial charge in [0.1, 0.15) is 26.9 Å². The van der Waals surface area contributed by atoms with E-state index in [-0.39, 0.29) is 34.5 Å². The molecule has 164 valence electrons. The van der Waals surface area contributed by atoms with E-state index in [4.69, 9.17) is 10.5 Å². The molecule has 0 saturated carbocycles. The van der Waals surface area contributed by atoms with E-state index in [9.17, 15) is 31.0 Å². The van der Waals surface area contributed by atoms with Gasteiger partial charge in [-0.05, 0) is 48.7 Å². The molecule has 31 heavy (non-hydrogen) atoms. The number of nitrogen functional groups attached to an aromatic ring is 1. The normalized spacial score (nSPS) is 12.5. The van der Waals surface area contributed by atoms with Crippen LogP contribution in [-0.2, 0) is 20.2 Å². The quantitative estimate of drug-likeness (QED) is 0.239. The zero-order valence-corrected chi connectivity index (χ0v) is 17.6. The third-order valence-electron chi connectivity index (χ3n) is 4.13. The molecule has 0 aromatic heterocycles. The maximum atomic E-state index is 11.8. The van der Waals surface area contributed by atoms with Crippen LogP contribution >= 0.6 is 0 Å². The van der Waals surface area contributed by atoms with E-state index < -0.39 is 41.5 Å². The van der Waals surface area contributed by atoms with Crippen LogP contribution in [0.3, 0.4) is 0 Å². The predicted molar refractivity (Wildman–Crippen MR) is 111 cm³/mol. The lowest BCUT2D eigenvalue weighted by Crippen LogP contribution is -2.00. The lowest BCUT2D eigenvalue weighted by atomic mass is 10.1. The highest BCUT2D eigenvalue weighted by Crippen LogP contribution is 2.42. The van der Waals surface area contributed by atoms with Gasteiger partial charge in [0, 0.05) is 17.1 Å². The van der Waals surface area contributed by atoms with Crippen LogP contribution in [0.4, 0.5) is 17.1 Å². The number of aromatic hydroxyl groups is 1. The van der Waals surface area contributed by atoms with Crippen molar-refractivity contribution in [3.05, 3.63) is 42.5 Å². The van der Waals surface area contributed by atoms with E-state index in [0.29, 0.717) is 0 Å². The summed E-state index contributed by atoms with van der Waals surface area (Å²) in [6.45, 7) is 1.91. The number of anilines is 1. The van der Waals surface area contributed by atoms with Gasteiger partial charge in [-0.25, -0.2) is 0 Å². The second-order valence-electron chi connectivity index (χ2n) is 6.27. The van der Waals surface area contributed by atoms with Gasteiger partial charge in [-0.3, -0.25) is 9.11 Å². The lowest BCUT2D eigenvalue weighted by Gasteiger charge is -2.10. The average Bonchev–Trinajstić information content (AvgIpc) is 2.66. The molecule has 3 aromatic carbocycles. The van der Waals surface area contributed by atoms with Crippen LogP contribution < -0.4 is 10.5 Å². The number of nitrogens with zero attached hydrogens (tertiary/aromatic N) is 2. The van der Waals surface area contributed by atoms with Gasteiger partial charge in [0.05, 0.1) is 6.61 Å². The van der Waals surface area contributed by atoms with Gasteiger partial charge >= 0.3 is 0 Å². The number of fused-ring (bicyclic) bond motifs is 1. The molecule has 0 aliphatic heterocycles. The molecule has 0 atom stereocenters. The van der Waals surface area contributed by atoms with Gasteiger partial charge in [-0.1, -0.05) is 0 Å². The zero-order chi connectivity index (χ0) is 23.0. The number of benzene rings is 3. The fourth-order valence-corrected chi connectivity index (χ4v) is 4.10. The minimum absolute atomic E-state index is 0.138. The second kappa shape index (κ2) is 8.11. The van der Waals surface area contributed by atoms with Crippen molar-refractivity contribution in [1.29, 1.82) is 0 Å². The largest absolute Gasteiger partial charge is 0.505 e. The van der Waals surface area contributed by atoms with Gasteiger partial charge < -0.3 is 15.6 Å². The van der Waals surface area contributed by atoms with Crippen molar-refractivity contribution in [2.24, 2.45) is 10.2 Å². The Hall–Kier alpha value is -3.26. The monoisotopic (exact) mass is 467 g/mol. The summed E-state index contributed by atoms with van der Waals surface area (Å²) in [6.07, 6.45) is 0. The molecule has 0 heterocycles. The smallest absolute Gasteiger partial charge is 0.296 e. The van der Waals surface area contributed by atoms with Crippen molar-refractivity contribution >= 4 is 48.1 Å². The number of azo groups is 1. The summed E-state index contributed by atoms with van der Waals surface area (Å²) in [7, 11) is -9.60. The van der Waals surface area contributed by atoms with Crippen molar-refractivity contribution < 1.29 is 35.8 Å². The van der Waals surface area contributed by atoms with Crippen molar-refractivity contribution in [3.63, 3.8) is 0 Å². The predicted octanol–water partition coefficient (Wildman–Crippen LogP) is 3.44. The minimum Gasteiger partial charge on any atom is -0.505 e.